The largest absolute Gasteiger partial charge is 0.490 e. The van der Waals surface area contributed by atoms with Crippen molar-refractivity contribution >= 4 is 0 Å². The molecule has 0 spiro atoms. The van der Waals surface area contributed by atoms with Crippen molar-refractivity contribution in [3.8, 4) is 5.75 Å². The first kappa shape index (κ1) is 14.3. The van der Waals surface area contributed by atoms with E-state index < -0.39 is 0 Å². The van der Waals surface area contributed by atoms with Crippen molar-refractivity contribution in [2.24, 2.45) is 0 Å². The molecule has 4 nitrogen and oxygen atoms in total. The Labute approximate surface area is 115 Å². The highest BCUT2D eigenvalue weighted by Crippen LogP contribution is 2.19. The monoisotopic (exact) mass is 264 g/mol. The smallest absolute Gasteiger partial charge is 0.127 e. The zero-order valence-corrected chi connectivity index (χ0v) is 11.7. The number of ether oxygens (including phenoxy) is 2. The number of rotatable bonds is 7. The summed E-state index contributed by atoms with van der Waals surface area (Å²) in [6.07, 6.45) is 8.56. The Morgan fingerprint density at radius 3 is 3.21 bits per heavy atom. The quantitative estimate of drug-likeness (QED) is 0.769. The van der Waals surface area contributed by atoms with Crippen molar-refractivity contribution in [1.29, 1.82) is 0 Å². The van der Waals surface area contributed by atoms with E-state index in [0.717, 1.165) is 43.9 Å². The fourth-order valence-corrected chi connectivity index (χ4v) is 2.21. The van der Waals surface area contributed by atoms with Crippen molar-refractivity contribution in [3.05, 3.63) is 24.0 Å². The molecule has 1 aromatic rings. The molecule has 1 aliphatic heterocycles. The molecule has 0 aliphatic carbocycles. The van der Waals surface area contributed by atoms with E-state index in [-0.39, 0.29) is 6.10 Å². The van der Waals surface area contributed by atoms with Crippen molar-refractivity contribution < 1.29 is 9.47 Å². The molecule has 1 N–H and O–H groups in total. The molecule has 4 heteroatoms. The van der Waals surface area contributed by atoms with Crippen molar-refractivity contribution in [2.75, 3.05) is 19.8 Å². The van der Waals surface area contributed by atoms with Crippen LogP contribution in [-0.2, 0) is 11.3 Å². The summed E-state index contributed by atoms with van der Waals surface area (Å²) in [4.78, 5) is 4.17. The summed E-state index contributed by atoms with van der Waals surface area (Å²) >= 11 is 0. The van der Waals surface area contributed by atoms with Crippen LogP contribution in [0.25, 0.3) is 0 Å². The SMILES string of the molecule is CCCNCc1cnccc1OCC1CCCCO1. The minimum absolute atomic E-state index is 0.248. The van der Waals surface area contributed by atoms with Gasteiger partial charge in [-0.15, -0.1) is 0 Å². The second-order valence-corrected chi connectivity index (χ2v) is 4.96. The molecule has 1 saturated heterocycles. The maximum absolute atomic E-state index is 5.90. The van der Waals surface area contributed by atoms with Gasteiger partial charge in [0, 0.05) is 31.1 Å². The molecule has 0 radical (unpaired) electrons. The molecule has 0 amide bonds. The number of nitrogens with zero attached hydrogens (tertiary/aromatic N) is 1. The van der Waals surface area contributed by atoms with E-state index in [4.69, 9.17) is 9.47 Å². The van der Waals surface area contributed by atoms with Gasteiger partial charge in [0.1, 0.15) is 12.4 Å². The Morgan fingerprint density at radius 2 is 2.42 bits per heavy atom. The Balaban J connectivity index is 1.84. The lowest BCUT2D eigenvalue weighted by Crippen LogP contribution is -2.26. The zero-order valence-electron chi connectivity index (χ0n) is 11.7. The van der Waals surface area contributed by atoms with Crippen molar-refractivity contribution in [1.82, 2.24) is 10.3 Å². The highest BCUT2D eigenvalue weighted by molar-refractivity contribution is 5.29. The number of pyridine rings is 1. The molecule has 19 heavy (non-hydrogen) atoms. The summed E-state index contributed by atoms with van der Waals surface area (Å²) in [7, 11) is 0. The summed E-state index contributed by atoms with van der Waals surface area (Å²) in [5, 5.41) is 3.38. The summed E-state index contributed by atoms with van der Waals surface area (Å²) in [6, 6.07) is 1.94. The zero-order chi connectivity index (χ0) is 13.3. The van der Waals surface area contributed by atoms with Crippen LogP contribution >= 0.6 is 0 Å². The van der Waals surface area contributed by atoms with E-state index >= 15 is 0 Å². The van der Waals surface area contributed by atoms with Crippen LogP contribution in [0.3, 0.4) is 0 Å². The van der Waals surface area contributed by atoms with Gasteiger partial charge in [-0.05, 0) is 38.3 Å². The van der Waals surface area contributed by atoms with E-state index in [1.807, 2.05) is 12.3 Å². The molecule has 1 aromatic heterocycles. The van der Waals surface area contributed by atoms with Crippen LogP contribution in [0.15, 0.2) is 18.5 Å². The summed E-state index contributed by atoms with van der Waals surface area (Å²) in [6.45, 7) is 5.50. The van der Waals surface area contributed by atoms with Gasteiger partial charge in [0.25, 0.3) is 0 Å². The van der Waals surface area contributed by atoms with E-state index in [1.54, 1.807) is 6.20 Å². The molecule has 1 atom stereocenters. The highest BCUT2D eigenvalue weighted by Gasteiger charge is 2.15. The third-order valence-corrected chi connectivity index (χ3v) is 3.30. The first-order valence-electron chi connectivity index (χ1n) is 7.28. The van der Waals surface area contributed by atoms with Crippen molar-refractivity contribution in [2.45, 2.75) is 45.3 Å². The molecule has 1 aliphatic rings. The van der Waals surface area contributed by atoms with Gasteiger partial charge in [-0.2, -0.15) is 0 Å². The van der Waals surface area contributed by atoms with Gasteiger partial charge in [-0.3, -0.25) is 4.98 Å². The summed E-state index contributed by atoms with van der Waals surface area (Å²) in [5.41, 5.74) is 1.12. The molecular formula is C15H24N2O2. The number of hydrogen-bond acceptors (Lipinski definition) is 4. The Bertz CT molecular complexity index is 365. The molecule has 1 unspecified atom stereocenters. The topological polar surface area (TPSA) is 43.4 Å². The molecular weight excluding hydrogens is 240 g/mol. The van der Waals surface area contributed by atoms with E-state index in [0.29, 0.717) is 6.61 Å². The van der Waals surface area contributed by atoms with Crippen LogP contribution in [0.5, 0.6) is 5.75 Å². The summed E-state index contributed by atoms with van der Waals surface area (Å²) in [5.74, 6) is 0.924. The van der Waals surface area contributed by atoms with Crippen LogP contribution in [-0.4, -0.2) is 30.8 Å². The van der Waals surface area contributed by atoms with Gasteiger partial charge in [-0.25, -0.2) is 0 Å². The van der Waals surface area contributed by atoms with E-state index in [9.17, 15) is 0 Å². The normalized spacial score (nSPS) is 19.3. The number of aromatic nitrogens is 1. The fourth-order valence-electron chi connectivity index (χ4n) is 2.21. The van der Waals surface area contributed by atoms with E-state index in [1.165, 1.54) is 12.8 Å². The molecule has 2 heterocycles. The van der Waals surface area contributed by atoms with Crippen LogP contribution in [0.1, 0.15) is 38.2 Å². The maximum atomic E-state index is 5.90. The molecule has 106 valence electrons. The van der Waals surface area contributed by atoms with Gasteiger partial charge in [0.05, 0.1) is 6.10 Å². The average molecular weight is 264 g/mol. The molecule has 0 saturated carbocycles. The highest BCUT2D eigenvalue weighted by atomic mass is 16.5. The maximum Gasteiger partial charge on any atom is 0.127 e. The number of hydrogen-bond donors (Lipinski definition) is 1. The Morgan fingerprint density at radius 1 is 1.47 bits per heavy atom. The van der Waals surface area contributed by atoms with Crippen LogP contribution in [0.4, 0.5) is 0 Å². The average Bonchev–Trinajstić information content (AvgIpc) is 2.48. The van der Waals surface area contributed by atoms with Crippen LogP contribution in [0, 0.1) is 0 Å². The lowest BCUT2D eigenvalue weighted by molar-refractivity contribution is -0.0112. The van der Waals surface area contributed by atoms with Gasteiger partial charge in [0.15, 0.2) is 0 Å². The second-order valence-electron chi connectivity index (χ2n) is 4.96. The first-order chi connectivity index (χ1) is 9.40. The number of nitrogens with one attached hydrogen (secondary N) is 1. The third-order valence-electron chi connectivity index (χ3n) is 3.30. The molecule has 0 bridgehead atoms. The van der Waals surface area contributed by atoms with Crippen LogP contribution < -0.4 is 10.1 Å². The lowest BCUT2D eigenvalue weighted by Gasteiger charge is -2.23. The standard InChI is InChI=1S/C15H24N2O2/c1-2-7-16-10-13-11-17-8-6-15(13)19-12-14-5-3-4-9-18-14/h6,8,11,14,16H,2-5,7,9-10,12H2,1H3. The Kier molecular flexibility index (Phi) is 6.11. The molecule has 2 rings (SSSR count). The minimum atomic E-state index is 0.248. The predicted molar refractivity (Wildman–Crippen MR) is 75.3 cm³/mol. The second kappa shape index (κ2) is 8.12. The molecule has 1 fully saturated rings. The minimum Gasteiger partial charge on any atom is -0.490 e. The fraction of sp³-hybridized carbons (Fsp3) is 0.667. The van der Waals surface area contributed by atoms with Gasteiger partial charge < -0.3 is 14.8 Å². The van der Waals surface area contributed by atoms with Gasteiger partial charge in [0.2, 0.25) is 0 Å². The van der Waals surface area contributed by atoms with Gasteiger partial charge in [-0.1, -0.05) is 6.92 Å². The van der Waals surface area contributed by atoms with E-state index in [2.05, 4.69) is 17.2 Å². The lowest BCUT2D eigenvalue weighted by atomic mass is 10.1. The third kappa shape index (κ3) is 4.80. The van der Waals surface area contributed by atoms with Crippen LogP contribution in [0.2, 0.25) is 0 Å². The predicted octanol–water partition coefficient (Wildman–Crippen LogP) is 2.53. The first-order valence-corrected chi connectivity index (χ1v) is 7.28. The molecule has 0 aromatic carbocycles. The summed E-state index contributed by atoms with van der Waals surface area (Å²) < 4.78 is 11.6. The van der Waals surface area contributed by atoms with Crippen molar-refractivity contribution in [3.63, 3.8) is 0 Å². The Hall–Kier alpha value is -1.13. The van der Waals surface area contributed by atoms with Gasteiger partial charge >= 0.3 is 0 Å².